The van der Waals surface area contributed by atoms with Crippen LogP contribution in [0.2, 0.25) is 5.02 Å². The van der Waals surface area contributed by atoms with E-state index < -0.39 is 0 Å². The van der Waals surface area contributed by atoms with E-state index in [1.165, 1.54) is 0 Å². The number of amides is 2. The second-order valence-corrected chi connectivity index (χ2v) is 5.50. The van der Waals surface area contributed by atoms with Crippen molar-refractivity contribution in [2.75, 3.05) is 0 Å². The topological polar surface area (TPSA) is 58.2 Å². The molecule has 5 heteroatoms. The summed E-state index contributed by atoms with van der Waals surface area (Å²) in [7, 11) is 0. The van der Waals surface area contributed by atoms with E-state index in [9.17, 15) is 9.59 Å². The lowest BCUT2D eigenvalue weighted by molar-refractivity contribution is -0.128. The van der Waals surface area contributed by atoms with Crippen molar-refractivity contribution < 1.29 is 9.59 Å². The molecule has 2 amide bonds. The lowest BCUT2D eigenvalue weighted by Gasteiger charge is -2.08. The summed E-state index contributed by atoms with van der Waals surface area (Å²) < 4.78 is 0. The fourth-order valence-electron chi connectivity index (χ4n) is 1.91. The molecule has 0 aliphatic carbocycles. The predicted octanol–water partition coefficient (Wildman–Crippen LogP) is 2.58. The predicted molar refractivity (Wildman–Crippen MR) is 86.3 cm³/mol. The van der Waals surface area contributed by atoms with E-state index in [2.05, 4.69) is 10.9 Å². The van der Waals surface area contributed by atoms with Crippen molar-refractivity contribution in [3.63, 3.8) is 0 Å². The highest BCUT2D eigenvalue weighted by Gasteiger charge is 2.06. The van der Waals surface area contributed by atoms with Gasteiger partial charge in [-0.15, -0.1) is 0 Å². The lowest BCUT2D eigenvalue weighted by Crippen LogP contribution is -2.43. The Kier molecular flexibility index (Phi) is 5.55. The first-order valence-electron chi connectivity index (χ1n) is 6.90. The van der Waals surface area contributed by atoms with E-state index in [0.29, 0.717) is 5.02 Å². The Morgan fingerprint density at radius 1 is 0.818 bits per heavy atom. The first-order chi connectivity index (χ1) is 10.5. The maximum Gasteiger partial charge on any atom is 0.242 e. The van der Waals surface area contributed by atoms with E-state index in [1.807, 2.05) is 31.2 Å². The molecule has 0 radical (unpaired) electrons. The molecule has 0 unspecified atom stereocenters. The summed E-state index contributed by atoms with van der Waals surface area (Å²) in [4.78, 5) is 23.5. The fraction of sp³-hybridized carbons (Fsp3) is 0.176. The van der Waals surface area contributed by atoms with E-state index in [0.717, 1.165) is 16.7 Å². The molecule has 0 fully saturated rings. The minimum atomic E-state index is -0.278. The van der Waals surface area contributed by atoms with Gasteiger partial charge in [-0.1, -0.05) is 53.6 Å². The van der Waals surface area contributed by atoms with Gasteiger partial charge in [-0.25, -0.2) is 0 Å². The zero-order chi connectivity index (χ0) is 15.9. The van der Waals surface area contributed by atoms with Gasteiger partial charge in [0.2, 0.25) is 11.8 Å². The molecule has 0 atom stereocenters. The zero-order valence-corrected chi connectivity index (χ0v) is 13.0. The van der Waals surface area contributed by atoms with Gasteiger partial charge in [0.05, 0.1) is 12.8 Å². The molecule has 114 valence electrons. The highest BCUT2D eigenvalue weighted by atomic mass is 35.5. The van der Waals surface area contributed by atoms with Gasteiger partial charge < -0.3 is 0 Å². The summed E-state index contributed by atoms with van der Waals surface area (Å²) in [5.41, 5.74) is 7.68. The van der Waals surface area contributed by atoms with Crippen LogP contribution >= 0.6 is 11.6 Å². The Bertz CT molecular complexity index is 592. The van der Waals surface area contributed by atoms with Crippen LogP contribution in [0, 0.1) is 6.92 Å². The van der Waals surface area contributed by atoms with Gasteiger partial charge in [0, 0.05) is 5.02 Å². The molecule has 0 bridgehead atoms. The smallest absolute Gasteiger partial charge is 0.242 e. The van der Waals surface area contributed by atoms with E-state index >= 15 is 0 Å². The average Bonchev–Trinajstić information content (AvgIpc) is 2.50. The average molecular weight is 317 g/mol. The standard InChI is InChI=1S/C17H17ClN2O2/c1-12-2-4-13(5-3-12)10-16(21)19-20-17(22)11-14-6-8-15(18)9-7-14/h2-9H,10-11H2,1H3,(H,19,21)(H,20,22). The third kappa shape index (κ3) is 5.22. The molecular formula is C17H17ClN2O2. The van der Waals surface area contributed by atoms with Crippen LogP contribution in [-0.4, -0.2) is 11.8 Å². The normalized spacial score (nSPS) is 10.1. The second kappa shape index (κ2) is 7.61. The highest BCUT2D eigenvalue weighted by Crippen LogP contribution is 2.09. The zero-order valence-electron chi connectivity index (χ0n) is 12.2. The number of carbonyl (C=O) groups is 2. The van der Waals surface area contributed by atoms with E-state index in [-0.39, 0.29) is 24.7 Å². The molecule has 0 aromatic heterocycles. The summed E-state index contributed by atoms with van der Waals surface area (Å²) in [5.74, 6) is -0.534. The van der Waals surface area contributed by atoms with Gasteiger partial charge in [-0.05, 0) is 30.2 Å². The van der Waals surface area contributed by atoms with Crippen molar-refractivity contribution in [1.82, 2.24) is 10.9 Å². The summed E-state index contributed by atoms with van der Waals surface area (Å²) in [6.45, 7) is 1.99. The molecule has 2 rings (SSSR count). The molecule has 0 aliphatic heterocycles. The SMILES string of the molecule is Cc1ccc(CC(=O)NNC(=O)Cc2ccc(Cl)cc2)cc1. The van der Waals surface area contributed by atoms with Crippen molar-refractivity contribution in [1.29, 1.82) is 0 Å². The van der Waals surface area contributed by atoms with Crippen LogP contribution in [0.5, 0.6) is 0 Å². The molecule has 4 nitrogen and oxygen atoms in total. The fourth-order valence-corrected chi connectivity index (χ4v) is 2.03. The molecule has 0 saturated carbocycles. The quantitative estimate of drug-likeness (QED) is 0.852. The number of nitrogens with one attached hydrogen (secondary N) is 2. The summed E-state index contributed by atoms with van der Waals surface area (Å²) in [5, 5.41) is 0.621. The van der Waals surface area contributed by atoms with Crippen LogP contribution in [0.15, 0.2) is 48.5 Å². The van der Waals surface area contributed by atoms with Crippen LogP contribution in [0.3, 0.4) is 0 Å². The Labute approximate surface area is 134 Å². The number of hydrogen-bond acceptors (Lipinski definition) is 2. The number of carbonyl (C=O) groups excluding carboxylic acids is 2. The largest absolute Gasteiger partial charge is 0.273 e. The van der Waals surface area contributed by atoms with E-state index in [1.54, 1.807) is 24.3 Å². The first-order valence-corrected chi connectivity index (χ1v) is 7.28. The number of benzene rings is 2. The molecule has 2 N–H and O–H groups in total. The van der Waals surface area contributed by atoms with Crippen LogP contribution in [0.1, 0.15) is 16.7 Å². The lowest BCUT2D eigenvalue weighted by atomic mass is 10.1. The van der Waals surface area contributed by atoms with Crippen LogP contribution in [0.4, 0.5) is 0 Å². The summed E-state index contributed by atoms with van der Waals surface area (Å²) >= 11 is 5.78. The number of aryl methyl sites for hydroxylation is 1. The van der Waals surface area contributed by atoms with Crippen molar-refractivity contribution >= 4 is 23.4 Å². The van der Waals surface area contributed by atoms with Crippen molar-refractivity contribution in [3.8, 4) is 0 Å². The van der Waals surface area contributed by atoms with Gasteiger partial charge in [0.25, 0.3) is 0 Å². The maximum absolute atomic E-state index is 11.8. The van der Waals surface area contributed by atoms with Crippen LogP contribution in [0.25, 0.3) is 0 Å². The van der Waals surface area contributed by atoms with Crippen molar-refractivity contribution in [2.24, 2.45) is 0 Å². The third-order valence-corrected chi connectivity index (χ3v) is 3.36. The second-order valence-electron chi connectivity index (χ2n) is 5.06. The summed E-state index contributed by atoms with van der Waals surface area (Å²) in [6, 6.07) is 14.7. The minimum Gasteiger partial charge on any atom is -0.273 e. The molecule has 0 heterocycles. The molecular weight excluding hydrogens is 300 g/mol. The molecule has 2 aromatic rings. The molecule has 0 spiro atoms. The number of halogens is 1. The Morgan fingerprint density at radius 3 is 1.68 bits per heavy atom. The van der Waals surface area contributed by atoms with Crippen LogP contribution < -0.4 is 10.9 Å². The molecule has 0 saturated heterocycles. The molecule has 22 heavy (non-hydrogen) atoms. The maximum atomic E-state index is 11.8. The van der Waals surface area contributed by atoms with Gasteiger partial charge in [0.15, 0.2) is 0 Å². The number of hydrazine groups is 1. The Balaban J connectivity index is 1.76. The Hall–Kier alpha value is -2.33. The third-order valence-electron chi connectivity index (χ3n) is 3.10. The summed E-state index contributed by atoms with van der Waals surface area (Å²) in [6.07, 6.45) is 0.406. The van der Waals surface area contributed by atoms with E-state index in [4.69, 9.17) is 11.6 Å². The monoisotopic (exact) mass is 316 g/mol. The number of rotatable bonds is 4. The molecule has 2 aromatic carbocycles. The highest BCUT2D eigenvalue weighted by molar-refractivity contribution is 6.30. The van der Waals surface area contributed by atoms with Crippen LogP contribution in [-0.2, 0) is 22.4 Å². The van der Waals surface area contributed by atoms with Gasteiger partial charge in [-0.3, -0.25) is 20.4 Å². The minimum absolute atomic E-state index is 0.183. The van der Waals surface area contributed by atoms with Gasteiger partial charge >= 0.3 is 0 Å². The van der Waals surface area contributed by atoms with Crippen molar-refractivity contribution in [3.05, 3.63) is 70.2 Å². The van der Waals surface area contributed by atoms with Gasteiger partial charge in [0.1, 0.15) is 0 Å². The Morgan fingerprint density at radius 2 is 1.23 bits per heavy atom. The molecule has 0 aliphatic rings. The van der Waals surface area contributed by atoms with Gasteiger partial charge in [-0.2, -0.15) is 0 Å². The van der Waals surface area contributed by atoms with Crippen molar-refractivity contribution in [2.45, 2.75) is 19.8 Å². The number of hydrogen-bond donors (Lipinski definition) is 2. The first kappa shape index (κ1) is 16.0.